The minimum absolute atomic E-state index is 0.0149. The van der Waals surface area contributed by atoms with Crippen LogP contribution >= 0.6 is 0 Å². The average molecular weight is 411 g/mol. The molecule has 0 bridgehead atoms. The van der Waals surface area contributed by atoms with Gasteiger partial charge in [-0.2, -0.15) is 0 Å². The van der Waals surface area contributed by atoms with Crippen molar-refractivity contribution in [1.82, 2.24) is 0 Å². The van der Waals surface area contributed by atoms with Gasteiger partial charge in [-0.15, -0.1) is 0 Å². The average Bonchev–Trinajstić information content (AvgIpc) is 2.81. The Morgan fingerprint density at radius 3 is 2.61 bits per heavy atom. The molecule has 1 unspecified atom stereocenters. The fourth-order valence-corrected chi connectivity index (χ4v) is 4.52. The number of anilines is 1. The summed E-state index contributed by atoms with van der Waals surface area (Å²) in [6.45, 7) is 0.210. The fraction of sp³-hybridized carbons (Fsp3) is 0.148. The molecule has 0 fully saturated rings. The minimum atomic E-state index is -0.299. The van der Waals surface area contributed by atoms with Crippen LogP contribution in [0.1, 0.15) is 29.0 Å². The molecule has 1 aliphatic rings. The van der Waals surface area contributed by atoms with E-state index in [-0.39, 0.29) is 24.2 Å². The monoisotopic (exact) mass is 411 g/mol. The Hall–Kier alpha value is -3.66. The molecule has 4 aromatic rings. The maximum Gasteiger partial charge on any atom is 0.228 e. The lowest BCUT2D eigenvalue weighted by Crippen LogP contribution is -2.36. The molecule has 5 rings (SSSR count). The van der Waals surface area contributed by atoms with Crippen molar-refractivity contribution in [3.8, 4) is 5.75 Å². The topological polar surface area (TPSA) is 29.5 Å². The number of rotatable bonds is 4. The van der Waals surface area contributed by atoms with Gasteiger partial charge in [-0.05, 0) is 46.2 Å². The molecule has 0 N–H and O–H groups in total. The predicted octanol–water partition coefficient (Wildman–Crippen LogP) is 6.06. The van der Waals surface area contributed by atoms with Gasteiger partial charge in [0.25, 0.3) is 0 Å². The Kier molecular flexibility index (Phi) is 4.91. The summed E-state index contributed by atoms with van der Waals surface area (Å²) in [5.41, 5.74) is 3.49. The third-order valence-electron chi connectivity index (χ3n) is 6.05. The van der Waals surface area contributed by atoms with E-state index in [0.717, 1.165) is 33.3 Å². The zero-order chi connectivity index (χ0) is 21.4. The van der Waals surface area contributed by atoms with Crippen LogP contribution in [0.2, 0.25) is 0 Å². The van der Waals surface area contributed by atoms with Crippen LogP contribution in [0.25, 0.3) is 10.8 Å². The van der Waals surface area contributed by atoms with Crippen LogP contribution in [0, 0.1) is 5.82 Å². The van der Waals surface area contributed by atoms with Gasteiger partial charge in [-0.3, -0.25) is 4.79 Å². The van der Waals surface area contributed by atoms with E-state index in [1.165, 1.54) is 6.07 Å². The number of fused-ring (bicyclic) bond motifs is 3. The molecule has 1 atom stereocenters. The summed E-state index contributed by atoms with van der Waals surface area (Å²) in [4.78, 5) is 15.0. The summed E-state index contributed by atoms with van der Waals surface area (Å²) in [6, 6.07) is 26.8. The number of carbonyl (C=O) groups excluding carboxylic acids is 1. The van der Waals surface area contributed by atoms with Gasteiger partial charge in [0.2, 0.25) is 5.91 Å². The second kappa shape index (κ2) is 7.88. The summed E-state index contributed by atoms with van der Waals surface area (Å²) >= 11 is 0. The van der Waals surface area contributed by atoms with E-state index >= 15 is 0 Å². The molecule has 1 amide bonds. The third kappa shape index (κ3) is 3.44. The Labute approximate surface area is 180 Å². The molecule has 0 aromatic heterocycles. The molecular formula is C27H22FNO2. The zero-order valence-corrected chi connectivity index (χ0v) is 17.2. The van der Waals surface area contributed by atoms with Gasteiger partial charge in [0.15, 0.2) is 0 Å². The molecule has 154 valence electrons. The molecule has 4 heteroatoms. The molecule has 0 aliphatic carbocycles. The normalized spacial score (nSPS) is 15.7. The smallest absolute Gasteiger partial charge is 0.228 e. The van der Waals surface area contributed by atoms with E-state index in [1.54, 1.807) is 30.2 Å². The lowest BCUT2D eigenvalue weighted by molar-refractivity contribution is -0.119. The molecule has 0 spiro atoms. The van der Waals surface area contributed by atoms with Crippen molar-refractivity contribution in [2.75, 3.05) is 12.0 Å². The summed E-state index contributed by atoms with van der Waals surface area (Å²) in [5.74, 6) is 0.354. The van der Waals surface area contributed by atoms with Crippen LogP contribution in [-0.2, 0) is 11.3 Å². The summed E-state index contributed by atoms with van der Waals surface area (Å²) in [5, 5.41) is 2.23. The van der Waals surface area contributed by atoms with Crippen LogP contribution in [0.3, 0.4) is 0 Å². The van der Waals surface area contributed by atoms with Crippen molar-refractivity contribution in [3.05, 3.63) is 107 Å². The first-order chi connectivity index (χ1) is 15.2. The highest BCUT2D eigenvalue weighted by atomic mass is 19.1. The van der Waals surface area contributed by atoms with Crippen molar-refractivity contribution >= 4 is 22.4 Å². The van der Waals surface area contributed by atoms with Crippen LogP contribution in [0.4, 0.5) is 10.1 Å². The first kappa shape index (κ1) is 19.3. The molecule has 0 saturated heterocycles. The second-order valence-corrected chi connectivity index (χ2v) is 7.82. The van der Waals surface area contributed by atoms with Crippen molar-refractivity contribution in [3.63, 3.8) is 0 Å². The Morgan fingerprint density at radius 1 is 0.968 bits per heavy atom. The van der Waals surface area contributed by atoms with Crippen LogP contribution in [0.5, 0.6) is 5.75 Å². The first-order valence-corrected chi connectivity index (χ1v) is 10.3. The number of amides is 1. The van der Waals surface area contributed by atoms with E-state index in [4.69, 9.17) is 4.74 Å². The highest BCUT2D eigenvalue weighted by molar-refractivity contribution is 6.03. The van der Waals surface area contributed by atoms with Gasteiger partial charge in [0.05, 0.1) is 13.7 Å². The SMILES string of the molecule is COc1cccc(C2CC(=O)N(Cc3ccccc3F)c3ccc4ccccc4c32)c1. The fourth-order valence-electron chi connectivity index (χ4n) is 4.52. The third-order valence-corrected chi connectivity index (χ3v) is 6.05. The molecular weight excluding hydrogens is 389 g/mol. The maximum atomic E-state index is 14.4. The number of hydrogen-bond donors (Lipinski definition) is 0. The quantitative estimate of drug-likeness (QED) is 0.409. The highest BCUT2D eigenvalue weighted by Crippen LogP contribution is 2.45. The first-order valence-electron chi connectivity index (χ1n) is 10.3. The second-order valence-electron chi connectivity index (χ2n) is 7.82. The van der Waals surface area contributed by atoms with Gasteiger partial charge < -0.3 is 9.64 Å². The Morgan fingerprint density at radius 2 is 1.77 bits per heavy atom. The van der Waals surface area contributed by atoms with Gasteiger partial charge in [-0.1, -0.05) is 60.7 Å². The predicted molar refractivity (Wildman–Crippen MR) is 121 cm³/mol. The highest BCUT2D eigenvalue weighted by Gasteiger charge is 2.34. The Bertz CT molecular complexity index is 1280. The number of methoxy groups -OCH3 is 1. The molecule has 3 nitrogen and oxygen atoms in total. The molecule has 0 radical (unpaired) electrons. The van der Waals surface area contributed by atoms with Gasteiger partial charge in [-0.25, -0.2) is 4.39 Å². The summed E-state index contributed by atoms with van der Waals surface area (Å²) in [6.07, 6.45) is 0.322. The maximum absolute atomic E-state index is 14.4. The standard InChI is InChI=1S/C27H22FNO2/c1-31-21-10-6-9-19(15-21)23-16-26(30)29(17-20-8-3-5-12-24(20)28)25-14-13-18-7-2-4-11-22(18)27(23)25/h2-15,23H,16-17H2,1H3. The number of halogens is 1. The van der Waals surface area contributed by atoms with Crippen LogP contribution < -0.4 is 9.64 Å². The lowest BCUT2D eigenvalue weighted by Gasteiger charge is -2.35. The van der Waals surface area contributed by atoms with E-state index in [1.807, 2.05) is 48.5 Å². The van der Waals surface area contributed by atoms with E-state index in [2.05, 4.69) is 12.1 Å². The van der Waals surface area contributed by atoms with E-state index in [0.29, 0.717) is 12.0 Å². The van der Waals surface area contributed by atoms with Crippen molar-refractivity contribution < 1.29 is 13.9 Å². The van der Waals surface area contributed by atoms with Crippen LogP contribution in [0.15, 0.2) is 84.9 Å². The molecule has 1 heterocycles. The van der Waals surface area contributed by atoms with Crippen LogP contribution in [-0.4, -0.2) is 13.0 Å². The summed E-state index contributed by atoms with van der Waals surface area (Å²) < 4.78 is 19.8. The largest absolute Gasteiger partial charge is 0.497 e. The number of hydrogen-bond acceptors (Lipinski definition) is 2. The minimum Gasteiger partial charge on any atom is -0.497 e. The number of carbonyl (C=O) groups is 1. The van der Waals surface area contributed by atoms with Gasteiger partial charge in [0.1, 0.15) is 11.6 Å². The molecule has 1 aliphatic heterocycles. The number of ether oxygens (including phenoxy) is 1. The van der Waals surface area contributed by atoms with Crippen molar-refractivity contribution in [2.45, 2.75) is 18.9 Å². The van der Waals surface area contributed by atoms with Crippen molar-refractivity contribution in [2.24, 2.45) is 0 Å². The molecule has 31 heavy (non-hydrogen) atoms. The van der Waals surface area contributed by atoms with E-state index in [9.17, 15) is 9.18 Å². The van der Waals surface area contributed by atoms with E-state index < -0.39 is 0 Å². The molecule has 4 aromatic carbocycles. The lowest BCUT2D eigenvalue weighted by atomic mass is 9.81. The molecule has 0 saturated carbocycles. The number of nitrogens with zero attached hydrogens (tertiary/aromatic N) is 1. The van der Waals surface area contributed by atoms with Gasteiger partial charge >= 0.3 is 0 Å². The Balaban J connectivity index is 1.69. The van der Waals surface area contributed by atoms with Gasteiger partial charge in [0, 0.05) is 23.6 Å². The summed E-state index contributed by atoms with van der Waals surface area (Å²) in [7, 11) is 1.64. The zero-order valence-electron chi connectivity index (χ0n) is 17.2. The van der Waals surface area contributed by atoms with Crippen molar-refractivity contribution in [1.29, 1.82) is 0 Å². The number of benzene rings is 4.